The summed E-state index contributed by atoms with van der Waals surface area (Å²) in [5.74, 6) is -0.819. The van der Waals surface area contributed by atoms with Crippen molar-refractivity contribution in [3.05, 3.63) is 76.1 Å². The minimum absolute atomic E-state index is 0.221. The van der Waals surface area contributed by atoms with Crippen molar-refractivity contribution in [1.29, 1.82) is 0 Å². The summed E-state index contributed by atoms with van der Waals surface area (Å²) in [4.78, 5) is 39.4. The standard InChI is InChI=1S/C20H12N2O3/c1-21-15-9-8-14(18(21)23)16-17(15)20(25)22(19(16)24)13-7-6-11-4-2-3-5-12(11)10-13/h2-10H,1H3. The van der Waals surface area contributed by atoms with E-state index >= 15 is 0 Å². The van der Waals surface area contributed by atoms with Crippen LogP contribution in [0.5, 0.6) is 0 Å². The Morgan fingerprint density at radius 1 is 0.760 bits per heavy atom. The Bertz CT molecular complexity index is 1270. The van der Waals surface area contributed by atoms with Crippen LogP contribution in [0.4, 0.5) is 5.69 Å². The molecule has 25 heavy (non-hydrogen) atoms. The van der Waals surface area contributed by atoms with Gasteiger partial charge in [-0.3, -0.25) is 14.4 Å². The van der Waals surface area contributed by atoms with E-state index in [1.165, 1.54) is 4.57 Å². The molecular formula is C20H12N2O3. The molecule has 5 aromatic rings. The van der Waals surface area contributed by atoms with Crippen LogP contribution in [0.25, 0.3) is 21.7 Å². The van der Waals surface area contributed by atoms with Gasteiger partial charge in [0.1, 0.15) is 0 Å². The van der Waals surface area contributed by atoms with E-state index in [4.69, 9.17) is 0 Å². The van der Waals surface area contributed by atoms with Gasteiger partial charge in [0.2, 0.25) is 0 Å². The van der Waals surface area contributed by atoms with Crippen LogP contribution < -0.4 is 10.5 Å². The molecule has 2 aromatic heterocycles. The molecule has 3 heterocycles. The molecule has 1 aliphatic rings. The molecule has 0 spiro atoms. The summed E-state index contributed by atoms with van der Waals surface area (Å²) in [5.41, 5.74) is 1.28. The largest absolute Gasteiger partial charge is 0.311 e. The Morgan fingerprint density at radius 3 is 2.28 bits per heavy atom. The lowest BCUT2D eigenvalue weighted by molar-refractivity contribution is 0.0927. The Hall–Kier alpha value is -3.47. The van der Waals surface area contributed by atoms with E-state index < -0.39 is 5.91 Å². The zero-order valence-electron chi connectivity index (χ0n) is 13.3. The second-order valence-corrected chi connectivity index (χ2v) is 6.22. The minimum atomic E-state index is -0.436. The molecule has 0 saturated heterocycles. The van der Waals surface area contributed by atoms with Gasteiger partial charge < -0.3 is 4.57 Å². The van der Waals surface area contributed by atoms with Crippen LogP contribution in [0.3, 0.4) is 0 Å². The number of imide groups is 1. The lowest BCUT2D eigenvalue weighted by atomic mass is 10.0. The maximum Gasteiger partial charge on any atom is 0.268 e. The van der Waals surface area contributed by atoms with Gasteiger partial charge in [-0.15, -0.1) is 0 Å². The fourth-order valence-corrected chi connectivity index (χ4v) is 3.64. The highest BCUT2D eigenvalue weighted by atomic mass is 16.2. The number of carbonyl (C=O) groups is 2. The number of carbonyl (C=O) groups excluding carboxylic acids is 2. The van der Waals surface area contributed by atoms with Crippen LogP contribution in [0.15, 0.2) is 59.4 Å². The van der Waals surface area contributed by atoms with Gasteiger partial charge in [0.05, 0.1) is 27.7 Å². The fourth-order valence-electron chi connectivity index (χ4n) is 3.64. The first-order valence-electron chi connectivity index (χ1n) is 7.90. The zero-order valence-corrected chi connectivity index (χ0v) is 13.3. The van der Waals surface area contributed by atoms with Gasteiger partial charge in [0.25, 0.3) is 17.4 Å². The highest BCUT2D eigenvalue weighted by molar-refractivity contribution is 6.39. The van der Waals surface area contributed by atoms with Crippen molar-refractivity contribution in [2.45, 2.75) is 0 Å². The monoisotopic (exact) mass is 328 g/mol. The van der Waals surface area contributed by atoms with Crippen molar-refractivity contribution in [3.63, 3.8) is 0 Å². The molecular weight excluding hydrogens is 316 g/mol. The van der Waals surface area contributed by atoms with Crippen LogP contribution in [-0.2, 0) is 7.05 Å². The van der Waals surface area contributed by atoms with Gasteiger partial charge in [-0.1, -0.05) is 30.3 Å². The van der Waals surface area contributed by atoms with Crippen molar-refractivity contribution in [2.75, 3.05) is 4.90 Å². The lowest BCUT2D eigenvalue weighted by Crippen LogP contribution is -2.29. The number of amides is 2. The number of rotatable bonds is 1. The number of benzene rings is 3. The number of aryl methyl sites for hydroxylation is 1. The summed E-state index contributed by atoms with van der Waals surface area (Å²) in [5, 5.41) is 2.26. The number of fused-ring (bicyclic) bond motifs is 3. The summed E-state index contributed by atoms with van der Waals surface area (Å²) >= 11 is 0. The maximum absolute atomic E-state index is 13.0. The normalized spacial score (nSPS) is 14.0. The van der Waals surface area contributed by atoms with Gasteiger partial charge in [-0.25, -0.2) is 4.90 Å². The topological polar surface area (TPSA) is 59.4 Å². The second kappa shape index (κ2) is 4.54. The third kappa shape index (κ3) is 1.64. The first kappa shape index (κ1) is 13.9. The SMILES string of the molecule is Cn1c(=O)c2ccc1c1c2C(=O)N(c2ccc3ccccc3c2)C1=O. The molecule has 5 nitrogen and oxygen atoms in total. The van der Waals surface area contributed by atoms with Crippen molar-refractivity contribution in [3.8, 4) is 0 Å². The number of hydrogen-bond donors (Lipinski definition) is 0. The molecule has 120 valence electrons. The smallest absolute Gasteiger partial charge is 0.268 e. The van der Waals surface area contributed by atoms with Gasteiger partial charge in [-0.2, -0.15) is 0 Å². The van der Waals surface area contributed by atoms with Crippen molar-refractivity contribution in [2.24, 2.45) is 7.05 Å². The van der Waals surface area contributed by atoms with Crippen molar-refractivity contribution < 1.29 is 9.59 Å². The number of pyridine rings is 2. The average molecular weight is 328 g/mol. The molecule has 5 heteroatoms. The van der Waals surface area contributed by atoms with Crippen molar-refractivity contribution in [1.82, 2.24) is 4.57 Å². The molecule has 0 fully saturated rings. The summed E-state index contributed by atoms with van der Waals surface area (Å²) in [6.45, 7) is 0. The third-order valence-electron chi connectivity index (χ3n) is 4.90. The Morgan fingerprint density at radius 2 is 1.48 bits per heavy atom. The van der Waals surface area contributed by atoms with Crippen LogP contribution >= 0.6 is 0 Å². The number of nitrogens with zero attached hydrogens (tertiary/aromatic N) is 2. The Balaban J connectivity index is 1.76. The van der Waals surface area contributed by atoms with Gasteiger partial charge in [-0.05, 0) is 35.0 Å². The molecule has 0 unspecified atom stereocenters. The highest BCUT2D eigenvalue weighted by Crippen LogP contribution is 2.34. The number of anilines is 1. The number of hydrogen-bond acceptors (Lipinski definition) is 3. The zero-order chi connectivity index (χ0) is 17.3. The summed E-state index contributed by atoms with van der Waals surface area (Å²) in [6.07, 6.45) is 0. The summed E-state index contributed by atoms with van der Waals surface area (Å²) in [7, 11) is 1.61. The van der Waals surface area contributed by atoms with Gasteiger partial charge in [0.15, 0.2) is 0 Å². The fraction of sp³-hybridized carbons (Fsp3) is 0.0500. The van der Waals surface area contributed by atoms with E-state index in [2.05, 4.69) is 0 Å². The number of aromatic nitrogens is 1. The van der Waals surface area contributed by atoms with E-state index in [1.807, 2.05) is 36.4 Å². The predicted molar refractivity (Wildman–Crippen MR) is 95.5 cm³/mol. The quantitative estimate of drug-likeness (QED) is 0.505. The Labute approximate surface area is 142 Å². The van der Waals surface area contributed by atoms with Crippen molar-refractivity contribution >= 4 is 39.2 Å². The summed E-state index contributed by atoms with van der Waals surface area (Å²) < 4.78 is 1.42. The third-order valence-corrected chi connectivity index (χ3v) is 4.90. The molecule has 0 saturated carbocycles. The first-order chi connectivity index (χ1) is 12.1. The molecule has 2 bridgehead atoms. The van der Waals surface area contributed by atoms with Crippen LogP contribution in [-0.4, -0.2) is 16.4 Å². The Kier molecular flexibility index (Phi) is 2.53. The lowest BCUT2D eigenvalue weighted by Gasteiger charge is -2.14. The predicted octanol–water partition coefficient (Wildman–Crippen LogP) is 2.93. The first-order valence-corrected chi connectivity index (χ1v) is 7.90. The highest BCUT2D eigenvalue weighted by Gasteiger charge is 2.41. The van der Waals surface area contributed by atoms with E-state index in [0.29, 0.717) is 16.8 Å². The average Bonchev–Trinajstić information content (AvgIpc) is 2.90. The van der Waals surface area contributed by atoms with E-state index in [0.717, 1.165) is 15.7 Å². The van der Waals surface area contributed by atoms with Crippen LogP contribution in [0.1, 0.15) is 20.7 Å². The minimum Gasteiger partial charge on any atom is -0.311 e. The molecule has 0 atom stereocenters. The molecule has 1 aliphatic heterocycles. The second-order valence-electron chi connectivity index (χ2n) is 6.22. The molecule has 6 rings (SSSR count). The van der Waals surface area contributed by atoms with E-state index in [9.17, 15) is 14.4 Å². The maximum atomic E-state index is 13.0. The van der Waals surface area contributed by atoms with E-state index in [1.54, 1.807) is 25.2 Å². The van der Waals surface area contributed by atoms with Crippen LogP contribution in [0.2, 0.25) is 0 Å². The molecule has 0 aliphatic carbocycles. The van der Waals surface area contributed by atoms with Gasteiger partial charge in [0, 0.05) is 7.05 Å². The molecule has 0 N–H and O–H groups in total. The van der Waals surface area contributed by atoms with E-state index in [-0.39, 0.29) is 22.4 Å². The molecule has 3 aromatic carbocycles. The molecule has 2 amide bonds. The molecule has 0 radical (unpaired) electrons. The van der Waals surface area contributed by atoms with Gasteiger partial charge >= 0.3 is 0 Å². The van der Waals surface area contributed by atoms with Crippen LogP contribution in [0, 0.1) is 0 Å². The summed E-state index contributed by atoms with van der Waals surface area (Å²) in [6, 6.07) is 16.5.